The second kappa shape index (κ2) is 8.98. The van der Waals surface area contributed by atoms with E-state index >= 15 is 0 Å². The Labute approximate surface area is 202 Å². The monoisotopic (exact) mass is 478 g/mol. The highest BCUT2D eigenvalue weighted by molar-refractivity contribution is 6.04. The molecule has 2 N–H and O–H groups in total. The maximum absolute atomic E-state index is 14.2. The topological polar surface area (TPSA) is 112 Å². The number of ether oxygens (including phenoxy) is 4. The highest BCUT2D eigenvalue weighted by Gasteiger charge is 2.59. The van der Waals surface area contributed by atoms with E-state index in [0.717, 1.165) is 5.57 Å². The molecule has 3 aliphatic heterocycles. The first-order valence-corrected chi connectivity index (χ1v) is 11.6. The second-order valence-corrected chi connectivity index (χ2v) is 8.41. The summed E-state index contributed by atoms with van der Waals surface area (Å²) in [6.45, 7) is 4.25. The van der Waals surface area contributed by atoms with Crippen molar-refractivity contribution in [2.24, 2.45) is 11.3 Å². The lowest BCUT2D eigenvalue weighted by Crippen LogP contribution is -2.44. The van der Waals surface area contributed by atoms with Crippen LogP contribution < -0.4 is 20.1 Å². The van der Waals surface area contributed by atoms with Gasteiger partial charge in [-0.2, -0.15) is 0 Å². The number of allylic oxidation sites excluding steroid dienone is 4. The number of benzene rings is 1. The molecular weight excluding hydrogens is 452 g/mol. The first-order valence-electron chi connectivity index (χ1n) is 11.6. The Kier molecular flexibility index (Phi) is 5.84. The van der Waals surface area contributed by atoms with Crippen molar-refractivity contribution in [1.29, 1.82) is 0 Å². The molecule has 1 aromatic rings. The molecule has 0 aromatic heterocycles. The quantitative estimate of drug-likeness (QED) is 0.469. The maximum Gasteiger partial charge on any atom is 0.354 e. The van der Waals surface area contributed by atoms with Crippen LogP contribution in [0.25, 0.3) is 0 Å². The van der Waals surface area contributed by atoms with Crippen molar-refractivity contribution in [2.45, 2.75) is 19.9 Å². The van der Waals surface area contributed by atoms with E-state index in [1.807, 2.05) is 24.3 Å². The Morgan fingerprint density at radius 3 is 2.71 bits per heavy atom. The van der Waals surface area contributed by atoms with Gasteiger partial charge in [-0.1, -0.05) is 18.2 Å². The number of rotatable bonds is 6. The van der Waals surface area contributed by atoms with Crippen molar-refractivity contribution < 1.29 is 33.3 Å². The van der Waals surface area contributed by atoms with Crippen molar-refractivity contribution in [3.8, 4) is 11.5 Å². The average molecular weight is 479 g/mol. The largest absolute Gasteiger partial charge is 0.464 e. The Balaban J connectivity index is 1.68. The van der Waals surface area contributed by atoms with Gasteiger partial charge in [0.25, 0.3) is 0 Å². The van der Waals surface area contributed by atoms with E-state index in [1.165, 1.54) is 0 Å². The van der Waals surface area contributed by atoms with Crippen LogP contribution in [0.3, 0.4) is 0 Å². The Morgan fingerprint density at radius 1 is 1.11 bits per heavy atom. The first-order chi connectivity index (χ1) is 17.0. The van der Waals surface area contributed by atoms with Gasteiger partial charge in [0.05, 0.1) is 24.5 Å². The van der Waals surface area contributed by atoms with E-state index in [-0.39, 0.29) is 31.5 Å². The average Bonchev–Trinajstić information content (AvgIpc) is 3.39. The minimum absolute atomic E-state index is 0.0786. The summed E-state index contributed by atoms with van der Waals surface area (Å²) in [6, 6.07) is 3.99. The van der Waals surface area contributed by atoms with Crippen LogP contribution in [0.2, 0.25) is 0 Å². The number of carbonyl (C=O) groups excluding carboxylic acids is 3. The predicted molar refractivity (Wildman–Crippen MR) is 124 cm³/mol. The molecule has 1 aromatic carbocycles. The lowest BCUT2D eigenvalue weighted by molar-refractivity contribution is -0.146. The molecule has 182 valence electrons. The summed E-state index contributed by atoms with van der Waals surface area (Å²) >= 11 is 0. The van der Waals surface area contributed by atoms with E-state index in [4.69, 9.17) is 18.9 Å². The summed E-state index contributed by atoms with van der Waals surface area (Å²) in [6.07, 6.45) is 9.19. The third-order valence-corrected chi connectivity index (χ3v) is 6.56. The number of esters is 2. The number of hydrogen-bond acceptors (Lipinski definition) is 9. The van der Waals surface area contributed by atoms with E-state index in [0.29, 0.717) is 29.3 Å². The summed E-state index contributed by atoms with van der Waals surface area (Å²) < 4.78 is 21.5. The SMILES string of the molecule is CCOC(=O)C1=CC23C(=CCN1)C=CC=C2NC(C(=O)OCC)C3C(=O)c1ccc2c(c1)OCO2. The number of Topliss-reactive ketones (excluding diaryl/α,β-unsaturated/α-hetero) is 1. The summed E-state index contributed by atoms with van der Waals surface area (Å²) in [5, 5.41) is 6.32. The zero-order valence-electron chi connectivity index (χ0n) is 19.5. The minimum Gasteiger partial charge on any atom is -0.464 e. The molecule has 0 radical (unpaired) electrons. The first kappa shape index (κ1) is 22.8. The third kappa shape index (κ3) is 3.67. The molecule has 0 bridgehead atoms. The van der Waals surface area contributed by atoms with Crippen molar-refractivity contribution in [1.82, 2.24) is 10.6 Å². The number of carbonyl (C=O) groups is 3. The van der Waals surface area contributed by atoms with Crippen molar-refractivity contribution in [3.05, 3.63) is 71.1 Å². The molecule has 1 aliphatic carbocycles. The van der Waals surface area contributed by atoms with Crippen LogP contribution in [-0.2, 0) is 19.1 Å². The van der Waals surface area contributed by atoms with E-state index < -0.39 is 29.3 Å². The van der Waals surface area contributed by atoms with Gasteiger partial charge in [-0.25, -0.2) is 9.59 Å². The lowest BCUT2D eigenvalue weighted by Gasteiger charge is -2.35. The van der Waals surface area contributed by atoms with Crippen LogP contribution >= 0.6 is 0 Å². The van der Waals surface area contributed by atoms with Gasteiger partial charge in [-0.3, -0.25) is 4.79 Å². The molecule has 3 heterocycles. The second-order valence-electron chi connectivity index (χ2n) is 8.41. The van der Waals surface area contributed by atoms with Crippen LogP contribution in [0.4, 0.5) is 0 Å². The minimum atomic E-state index is -1.11. The van der Waals surface area contributed by atoms with E-state index in [9.17, 15) is 14.4 Å². The molecule has 4 aliphatic rings. The lowest BCUT2D eigenvalue weighted by atomic mass is 9.64. The zero-order chi connectivity index (χ0) is 24.6. The van der Waals surface area contributed by atoms with Crippen LogP contribution in [0.1, 0.15) is 24.2 Å². The molecule has 5 rings (SSSR count). The van der Waals surface area contributed by atoms with Gasteiger partial charge in [0.1, 0.15) is 11.7 Å². The summed E-state index contributed by atoms with van der Waals surface area (Å²) in [7, 11) is 0. The molecule has 35 heavy (non-hydrogen) atoms. The van der Waals surface area contributed by atoms with Gasteiger partial charge < -0.3 is 29.6 Å². The zero-order valence-corrected chi connectivity index (χ0v) is 19.5. The molecule has 1 saturated heterocycles. The Hall–Kier alpha value is -4.01. The Bertz CT molecular complexity index is 1210. The van der Waals surface area contributed by atoms with Crippen molar-refractivity contribution in [3.63, 3.8) is 0 Å². The van der Waals surface area contributed by atoms with Gasteiger partial charge in [0.2, 0.25) is 6.79 Å². The molecule has 9 heteroatoms. The van der Waals surface area contributed by atoms with Gasteiger partial charge in [-0.15, -0.1) is 0 Å². The molecule has 9 nitrogen and oxygen atoms in total. The van der Waals surface area contributed by atoms with Crippen LogP contribution in [0.15, 0.2) is 65.5 Å². The van der Waals surface area contributed by atoms with Gasteiger partial charge in [0, 0.05) is 17.8 Å². The summed E-state index contributed by atoms with van der Waals surface area (Å²) in [5.74, 6) is -1.28. The number of ketones is 1. The molecule has 3 atom stereocenters. The Morgan fingerprint density at radius 2 is 1.91 bits per heavy atom. The van der Waals surface area contributed by atoms with Crippen LogP contribution in [0, 0.1) is 11.3 Å². The summed E-state index contributed by atoms with van der Waals surface area (Å²) in [4.78, 5) is 40.1. The van der Waals surface area contributed by atoms with Gasteiger partial charge >= 0.3 is 11.9 Å². The number of fused-ring (bicyclic) bond motifs is 1. The fraction of sp³-hybridized carbons (Fsp3) is 0.346. The fourth-order valence-electron chi connectivity index (χ4n) is 5.10. The van der Waals surface area contributed by atoms with Gasteiger partial charge in [-0.05, 0) is 49.8 Å². The van der Waals surface area contributed by atoms with E-state index in [2.05, 4.69) is 10.6 Å². The molecule has 0 saturated carbocycles. The van der Waals surface area contributed by atoms with E-state index in [1.54, 1.807) is 38.1 Å². The molecule has 1 spiro atoms. The van der Waals surface area contributed by atoms with Crippen molar-refractivity contribution in [2.75, 3.05) is 26.6 Å². The van der Waals surface area contributed by atoms with Gasteiger partial charge in [0.15, 0.2) is 17.3 Å². The van der Waals surface area contributed by atoms with Crippen LogP contribution in [0.5, 0.6) is 11.5 Å². The normalized spacial score (nSPS) is 25.5. The fourth-order valence-corrected chi connectivity index (χ4v) is 5.10. The molecule has 3 unspecified atom stereocenters. The standard InChI is InChI=1S/C26H26N2O7/c1-3-32-24(30)17-13-26-16(10-11-27-17)6-5-7-20(26)28-22(25(31)33-4-2)21(26)23(29)15-8-9-18-19(12-15)35-14-34-18/h5-10,12-13,21-22,27-28H,3-4,11,14H2,1-2H3. The molecular formula is C26H26N2O7. The number of hydrogen-bond donors (Lipinski definition) is 2. The third-order valence-electron chi connectivity index (χ3n) is 6.56. The summed E-state index contributed by atoms with van der Waals surface area (Å²) in [5.41, 5.74) is 0.914. The van der Waals surface area contributed by atoms with Crippen molar-refractivity contribution >= 4 is 17.7 Å². The molecule has 1 fully saturated rings. The number of nitrogens with one attached hydrogen (secondary N) is 2. The predicted octanol–water partition coefficient (Wildman–Crippen LogP) is 2.17. The smallest absolute Gasteiger partial charge is 0.354 e. The van der Waals surface area contributed by atoms with Crippen LogP contribution in [-0.4, -0.2) is 50.3 Å². The molecule has 0 amide bonds. The maximum atomic E-state index is 14.2. The highest BCUT2D eigenvalue weighted by atomic mass is 16.7. The highest BCUT2D eigenvalue weighted by Crippen LogP contribution is 2.54.